The molecule has 0 bridgehead atoms. The van der Waals surface area contributed by atoms with Gasteiger partial charge < -0.3 is 24.1 Å². The Bertz CT molecular complexity index is 1620. The van der Waals surface area contributed by atoms with Crippen LogP contribution in [0.15, 0.2) is 42.6 Å². The summed E-state index contributed by atoms with van der Waals surface area (Å²) in [6.07, 6.45) is 13.8. The van der Waals surface area contributed by atoms with Crippen LogP contribution >= 0.6 is 11.3 Å². The van der Waals surface area contributed by atoms with Crippen LogP contribution in [0.4, 0.5) is 16.3 Å². The molecule has 2 saturated carbocycles. The molecule has 1 atom stereocenters. The van der Waals surface area contributed by atoms with E-state index < -0.39 is 0 Å². The summed E-state index contributed by atoms with van der Waals surface area (Å²) in [5.74, 6) is 1.48. The highest BCUT2D eigenvalue weighted by atomic mass is 32.1. The quantitative estimate of drug-likeness (QED) is 0.365. The number of imidazole rings is 2. The van der Waals surface area contributed by atoms with E-state index in [-0.39, 0.29) is 23.7 Å². The Morgan fingerprint density at radius 1 is 1.07 bits per heavy atom. The fraction of sp³-hybridized carbons (Fsp3) is 0.407. The molecule has 1 unspecified atom stereocenters. The van der Waals surface area contributed by atoms with Gasteiger partial charge in [0.15, 0.2) is 10.8 Å². The Balaban J connectivity index is 1.07. The first-order valence-corrected chi connectivity index (χ1v) is 14.5. The van der Waals surface area contributed by atoms with E-state index in [2.05, 4.69) is 34.7 Å². The van der Waals surface area contributed by atoms with Gasteiger partial charge in [-0.2, -0.15) is 0 Å². The molecule has 204 valence electrons. The number of ether oxygens (including phenoxy) is 1. The van der Waals surface area contributed by atoms with Crippen LogP contribution in [0.25, 0.3) is 16.5 Å². The number of rotatable bonds is 7. The molecule has 2 aliphatic heterocycles. The highest BCUT2D eigenvalue weighted by Crippen LogP contribution is 2.40. The van der Waals surface area contributed by atoms with Crippen molar-refractivity contribution in [3.63, 3.8) is 0 Å². The summed E-state index contributed by atoms with van der Waals surface area (Å²) in [5.41, 5.74) is 3.06. The second-order valence-electron chi connectivity index (χ2n) is 10.8. The number of nitrogens with zero attached hydrogens (tertiary/aromatic N) is 8. The van der Waals surface area contributed by atoms with Crippen LogP contribution in [0.2, 0.25) is 0 Å². The van der Waals surface area contributed by atoms with Crippen molar-refractivity contribution >= 4 is 34.8 Å². The molecule has 2 aliphatic carbocycles. The van der Waals surface area contributed by atoms with Crippen molar-refractivity contribution in [3.8, 4) is 16.5 Å². The van der Waals surface area contributed by atoms with Crippen molar-refractivity contribution in [2.75, 3.05) is 36.5 Å². The van der Waals surface area contributed by atoms with Crippen LogP contribution in [0, 0.1) is 0 Å². The first-order valence-electron chi connectivity index (χ1n) is 13.6. The highest BCUT2D eigenvalue weighted by molar-refractivity contribution is 7.13. The lowest BCUT2D eigenvalue weighted by molar-refractivity contribution is 0.102. The van der Waals surface area contributed by atoms with Gasteiger partial charge in [0.2, 0.25) is 0 Å². The van der Waals surface area contributed by atoms with Gasteiger partial charge in [-0.3, -0.25) is 9.69 Å². The van der Waals surface area contributed by atoms with E-state index in [0.717, 1.165) is 53.6 Å². The Kier molecular flexibility index (Phi) is 5.40. The number of carbonyl (C=O) groups excluding carboxylic acids is 2. The predicted octanol–water partition coefficient (Wildman–Crippen LogP) is 3.69. The molecule has 6 heterocycles. The molecule has 1 N–H and O–H groups in total. The average Bonchev–Trinajstić information content (AvgIpc) is 3.78. The molecule has 40 heavy (non-hydrogen) atoms. The van der Waals surface area contributed by atoms with E-state index in [9.17, 15) is 9.59 Å². The maximum Gasteiger partial charge on any atom is 0.410 e. The molecule has 2 amide bonds. The van der Waals surface area contributed by atoms with Gasteiger partial charge in [-0.05, 0) is 31.7 Å². The number of hydrogen-bond acceptors (Lipinski definition) is 9. The lowest BCUT2D eigenvalue weighted by atomic mass is 10.1. The number of thiazole rings is 1. The van der Waals surface area contributed by atoms with Gasteiger partial charge in [0.05, 0.1) is 35.6 Å². The van der Waals surface area contributed by atoms with Gasteiger partial charge in [-0.15, -0.1) is 11.3 Å². The van der Waals surface area contributed by atoms with Crippen LogP contribution in [-0.4, -0.2) is 78.3 Å². The molecule has 4 fully saturated rings. The van der Waals surface area contributed by atoms with E-state index in [4.69, 9.17) is 4.74 Å². The van der Waals surface area contributed by atoms with E-state index >= 15 is 0 Å². The number of anilines is 2. The Hall–Kier alpha value is -4.26. The topological polar surface area (TPSA) is 123 Å². The van der Waals surface area contributed by atoms with Crippen LogP contribution in [0.5, 0.6) is 0 Å². The predicted molar refractivity (Wildman–Crippen MR) is 147 cm³/mol. The SMILES string of the molecule is O=C(Nc1csc(-c2nccn2C2CC2)n1)c1cc(-n2cnc(C3CC3)c2)c(N2CCN3C(=O)OCC3C2)cn1. The van der Waals surface area contributed by atoms with Gasteiger partial charge in [0.25, 0.3) is 5.91 Å². The van der Waals surface area contributed by atoms with Crippen molar-refractivity contribution in [1.29, 1.82) is 0 Å². The average molecular weight is 558 g/mol. The number of hydrogen-bond donors (Lipinski definition) is 1. The summed E-state index contributed by atoms with van der Waals surface area (Å²) in [6.45, 7) is 2.24. The number of piperazine rings is 1. The fourth-order valence-electron chi connectivity index (χ4n) is 5.52. The number of carbonyl (C=O) groups is 2. The molecular formula is C27H27N9O3S. The molecule has 8 rings (SSSR count). The first-order chi connectivity index (χ1) is 19.6. The number of amides is 2. The van der Waals surface area contributed by atoms with Crippen LogP contribution in [0.3, 0.4) is 0 Å². The standard InChI is InChI=1S/C27H27N9O3S/c37-25(31-23-14-40-26(32-23)24-28-5-6-35(24)17-3-4-17)19-9-21(34-12-20(30-15-34)16-1-2-16)22(10-29-19)33-7-8-36-18(11-33)13-39-27(36)38/h5-6,9-10,12,14-18H,1-4,7-8,11,13H2,(H,31,37). The second-order valence-corrected chi connectivity index (χ2v) is 11.6. The molecule has 2 saturated heterocycles. The molecule has 4 aromatic rings. The van der Waals surface area contributed by atoms with Crippen molar-refractivity contribution in [3.05, 3.63) is 53.9 Å². The molecule has 0 spiro atoms. The van der Waals surface area contributed by atoms with Gasteiger partial charge >= 0.3 is 6.09 Å². The number of nitrogens with one attached hydrogen (secondary N) is 1. The number of cyclic esters (lactones) is 1. The van der Waals surface area contributed by atoms with Gasteiger partial charge in [-0.1, -0.05) is 0 Å². The zero-order valence-corrected chi connectivity index (χ0v) is 22.5. The smallest absolute Gasteiger partial charge is 0.410 e. The molecule has 0 radical (unpaired) electrons. The van der Waals surface area contributed by atoms with Crippen molar-refractivity contribution < 1.29 is 14.3 Å². The number of aromatic nitrogens is 6. The number of fused-ring (bicyclic) bond motifs is 1. The third-order valence-electron chi connectivity index (χ3n) is 7.97. The molecule has 4 aromatic heterocycles. The van der Waals surface area contributed by atoms with Gasteiger partial charge in [0.1, 0.15) is 18.1 Å². The third-order valence-corrected chi connectivity index (χ3v) is 8.81. The maximum atomic E-state index is 13.3. The van der Waals surface area contributed by atoms with Gasteiger partial charge in [-0.25, -0.2) is 24.7 Å². The zero-order chi connectivity index (χ0) is 26.8. The highest BCUT2D eigenvalue weighted by Gasteiger charge is 2.38. The Labute approximate surface area is 233 Å². The number of pyridine rings is 1. The lowest BCUT2D eigenvalue weighted by Gasteiger charge is -2.37. The van der Waals surface area contributed by atoms with Gasteiger partial charge in [0, 0.05) is 55.6 Å². The second kappa shape index (κ2) is 9.15. The summed E-state index contributed by atoms with van der Waals surface area (Å²) in [5, 5.41) is 5.52. The minimum atomic E-state index is -0.336. The third kappa shape index (κ3) is 4.21. The molecule has 4 aliphatic rings. The summed E-state index contributed by atoms with van der Waals surface area (Å²) in [7, 11) is 0. The first kappa shape index (κ1) is 23.6. The van der Waals surface area contributed by atoms with E-state index in [1.807, 2.05) is 22.3 Å². The van der Waals surface area contributed by atoms with Crippen LogP contribution < -0.4 is 10.2 Å². The van der Waals surface area contributed by atoms with Crippen LogP contribution in [0.1, 0.15) is 53.8 Å². The molecule has 12 nitrogen and oxygen atoms in total. The van der Waals surface area contributed by atoms with E-state index in [0.29, 0.717) is 44.0 Å². The minimum Gasteiger partial charge on any atom is -0.447 e. The lowest BCUT2D eigenvalue weighted by Crippen LogP contribution is -2.52. The summed E-state index contributed by atoms with van der Waals surface area (Å²) in [4.78, 5) is 47.6. The summed E-state index contributed by atoms with van der Waals surface area (Å²) >= 11 is 1.46. The molecule has 0 aromatic carbocycles. The maximum absolute atomic E-state index is 13.3. The van der Waals surface area contributed by atoms with Crippen LogP contribution in [-0.2, 0) is 4.74 Å². The monoisotopic (exact) mass is 557 g/mol. The zero-order valence-electron chi connectivity index (χ0n) is 21.6. The Morgan fingerprint density at radius 3 is 2.83 bits per heavy atom. The Morgan fingerprint density at radius 2 is 1.98 bits per heavy atom. The van der Waals surface area contributed by atoms with E-state index in [1.165, 1.54) is 11.3 Å². The van der Waals surface area contributed by atoms with E-state index in [1.54, 1.807) is 29.7 Å². The molecular weight excluding hydrogens is 530 g/mol. The largest absolute Gasteiger partial charge is 0.447 e. The fourth-order valence-corrected chi connectivity index (χ4v) is 6.27. The van der Waals surface area contributed by atoms with Crippen molar-refractivity contribution in [1.82, 2.24) is 34.0 Å². The van der Waals surface area contributed by atoms with Crippen molar-refractivity contribution in [2.45, 2.75) is 43.7 Å². The van der Waals surface area contributed by atoms with Crippen molar-refractivity contribution in [2.24, 2.45) is 0 Å². The molecule has 13 heteroatoms. The summed E-state index contributed by atoms with van der Waals surface area (Å²) < 4.78 is 9.39. The minimum absolute atomic E-state index is 0.00346. The summed E-state index contributed by atoms with van der Waals surface area (Å²) in [6, 6.07) is 2.30. The normalized spacial score (nSPS) is 20.5.